The molecule has 0 aromatic carbocycles. The minimum absolute atomic E-state index is 0.620. The first kappa shape index (κ1) is 11.5. The molecule has 1 unspecified atom stereocenters. The lowest BCUT2D eigenvalue weighted by Gasteiger charge is -2.24. The van der Waals surface area contributed by atoms with Gasteiger partial charge in [0.15, 0.2) is 5.82 Å². The first-order chi connectivity index (χ1) is 7.79. The van der Waals surface area contributed by atoms with E-state index in [2.05, 4.69) is 28.3 Å². The number of aromatic nitrogens is 2. The predicted octanol–water partition coefficient (Wildman–Crippen LogP) is 1.39. The molecule has 90 valence electrons. The first-order valence-electron chi connectivity index (χ1n) is 6.27. The van der Waals surface area contributed by atoms with Crippen LogP contribution in [0.2, 0.25) is 0 Å². The fourth-order valence-electron chi connectivity index (χ4n) is 2.32. The maximum Gasteiger partial charge on any atom is 0.150 e. The van der Waals surface area contributed by atoms with E-state index in [9.17, 15) is 0 Å². The summed E-state index contributed by atoms with van der Waals surface area (Å²) in [6.07, 6.45) is 5.72. The van der Waals surface area contributed by atoms with Gasteiger partial charge in [-0.3, -0.25) is 4.68 Å². The third-order valence-corrected chi connectivity index (χ3v) is 3.14. The van der Waals surface area contributed by atoms with Crippen molar-refractivity contribution in [2.75, 3.05) is 24.5 Å². The Bertz CT molecular complexity index is 321. The summed E-state index contributed by atoms with van der Waals surface area (Å²) in [6.45, 7) is 5.58. The van der Waals surface area contributed by atoms with E-state index in [1.54, 1.807) is 0 Å². The molecule has 16 heavy (non-hydrogen) atoms. The topological polar surface area (TPSA) is 33.1 Å². The van der Waals surface area contributed by atoms with Gasteiger partial charge in [0.25, 0.3) is 0 Å². The highest BCUT2D eigenvalue weighted by molar-refractivity contribution is 5.37. The average molecular weight is 222 g/mol. The van der Waals surface area contributed by atoms with Gasteiger partial charge in [-0.15, -0.1) is 0 Å². The van der Waals surface area contributed by atoms with Crippen molar-refractivity contribution in [3.63, 3.8) is 0 Å². The lowest BCUT2D eigenvalue weighted by Crippen LogP contribution is -2.37. The number of hydrogen-bond acceptors (Lipinski definition) is 3. The SMILES string of the molecule is CCCC1CN(c2ccn(C)n2)CCCN1. The molecule has 2 rings (SSSR count). The summed E-state index contributed by atoms with van der Waals surface area (Å²) in [5.74, 6) is 1.12. The van der Waals surface area contributed by atoms with Crippen LogP contribution in [0.5, 0.6) is 0 Å². The van der Waals surface area contributed by atoms with Gasteiger partial charge in [-0.2, -0.15) is 5.10 Å². The van der Waals surface area contributed by atoms with Crippen LogP contribution in [0, 0.1) is 0 Å². The average Bonchev–Trinajstić information content (AvgIpc) is 2.56. The second-order valence-corrected chi connectivity index (χ2v) is 4.59. The Balaban J connectivity index is 2.02. The van der Waals surface area contributed by atoms with Crippen LogP contribution in [0.15, 0.2) is 12.3 Å². The molecule has 2 heterocycles. The third kappa shape index (κ3) is 2.76. The van der Waals surface area contributed by atoms with E-state index in [0.717, 1.165) is 25.5 Å². The standard InChI is InChI=1S/C12H22N4/c1-3-5-11-10-16(8-4-7-13-11)12-6-9-15(2)14-12/h6,9,11,13H,3-5,7-8,10H2,1-2H3. The van der Waals surface area contributed by atoms with Gasteiger partial charge < -0.3 is 10.2 Å². The van der Waals surface area contributed by atoms with Crippen molar-refractivity contribution >= 4 is 5.82 Å². The Morgan fingerprint density at radius 3 is 3.12 bits per heavy atom. The van der Waals surface area contributed by atoms with Gasteiger partial charge in [0.2, 0.25) is 0 Å². The smallest absolute Gasteiger partial charge is 0.150 e. The highest BCUT2D eigenvalue weighted by atomic mass is 15.3. The normalized spacial score (nSPS) is 22.1. The number of nitrogens with one attached hydrogen (secondary N) is 1. The van der Waals surface area contributed by atoms with Gasteiger partial charge in [-0.1, -0.05) is 13.3 Å². The second-order valence-electron chi connectivity index (χ2n) is 4.59. The molecule has 0 saturated carbocycles. The maximum atomic E-state index is 4.49. The predicted molar refractivity (Wildman–Crippen MR) is 66.7 cm³/mol. The fourth-order valence-corrected chi connectivity index (χ4v) is 2.32. The molecule has 1 aliphatic heterocycles. The minimum Gasteiger partial charge on any atom is -0.354 e. The van der Waals surface area contributed by atoms with Gasteiger partial charge in [-0.25, -0.2) is 0 Å². The van der Waals surface area contributed by atoms with Crippen molar-refractivity contribution in [1.29, 1.82) is 0 Å². The number of rotatable bonds is 3. The maximum absolute atomic E-state index is 4.49. The molecule has 1 atom stereocenters. The fraction of sp³-hybridized carbons (Fsp3) is 0.750. The Kier molecular flexibility index (Phi) is 3.83. The summed E-state index contributed by atoms with van der Waals surface area (Å²) < 4.78 is 1.88. The van der Waals surface area contributed by atoms with Crippen molar-refractivity contribution in [3.05, 3.63) is 12.3 Å². The van der Waals surface area contributed by atoms with Crippen molar-refractivity contribution in [2.45, 2.75) is 32.2 Å². The molecule has 4 heteroatoms. The van der Waals surface area contributed by atoms with E-state index >= 15 is 0 Å². The Morgan fingerprint density at radius 1 is 1.56 bits per heavy atom. The molecule has 0 aliphatic carbocycles. The summed E-state index contributed by atoms with van der Waals surface area (Å²) in [5, 5.41) is 8.10. The van der Waals surface area contributed by atoms with Gasteiger partial charge in [-0.05, 0) is 19.4 Å². The van der Waals surface area contributed by atoms with Gasteiger partial charge in [0.05, 0.1) is 0 Å². The first-order valence-corrected chi connectivity index (χ1v) is 6.27. The van der Waals surface area contributed by atoms with E-state index in [-0.39, 0.29) is 0 Å². The molecule has 1 aromatic rings. The zero-order chi connectivity index (χ0) is 11.4. The number of nitrogens with zero attached hydrogens (tertiary/aromatic N) is 3. The molecule has 0 spiro atoms. The van der Waals surface area contributed by atoms with E-state index in [0.29, 0.717) is 6.04 Å². The molecular formula is C12H22N4. The molecule has 0 bridgehead atoms. The summed E-state index contributed by atoms with van der Waals surface area (Å²) >= 11 is 0. The van der Waals surface area contributed by atoms with Crippen LogP contribution in [-0.2, 0) is 7.05 Å². The van der Waals surface area contributed by atoms with Crippen molar-refractivity contribution < 1.29 is 0 Å². The number of aryl methyl sites for hydroxylation is 1. The third-order valence-electron chi connectivity index (χ3n) is 3.14. The van der Waals surface area contributed by atoms with E-state index < -0.39 is 0 Å². The van der Waals surface area contributed by atoms with E-state index in [1.807, 2.05) is 17.9 Å². The van der Waals surface area contributed by atoms with Gasteiger partial charge >= 0.3 is 0 Å². The number of hydrogen-bond donors (Lipinski definition) is 1. The lowest BCUT2D eigenvalue weighted by molar-refractivity contribution is 0.501. The van der Waals surface area contributed by atoms with Crippen molar-refractivity contribution in [3.8, 4) is 0 Å². The molecule has 0 radical (unpaired) electrons. The van der Waals surface area contributed by atoms with Crippen LogP contribution in [0.4, 0.5) is 5.82 Å². The van der Waals surface area contributed by atoms with Gasteiger partial charge in [0.1, 0.15) is 0 Å². The van der Waals surface area contributed by atoms with Crippen LogP contribution in [-0.4, -0.2) is 35.5 Å². The minimum atomic E-state index is 0.620. The van der Waals surface area contributed by atoms with Crippen LogP contribution >= 0.6 is 0 Å². The Morgan fingerprint density at radius 2 is 2.44 bits per heavy atom. The summed E-state index contributed by atoms with van der Waals surface area (Å²) in [5.41, 5.74) is 0. The van der Waals surface area contributed by atoms with Gasteiger partial charge in [0, 0.05) is 38.4 Å². The summed E-state index contributed by atoms with van der Waals surface area (Å²) in [6, 6.07) is 2.73. The molecule has 1 fully saturated rings. The second kappa shape index (κ2) is 5.34. The Labute approximate surface area is 97.6 Å². The Hall–Kier alpha value is -1.03. The monoisotopic (exact) mass is 222 g/mol. The van der Waals surface area contributed by atoms with Crippen LogP contribution in [0.3, 0.4) is 0 Å². The lowest BCUT2D eigenvalue weighted by atomic mass is 10.1. The zero-order valence-electron chi connectivity index (χ0n) is 10.3. The quantitative estimate of drug-likeness (QED) is 0.839. The molecule has 1 aliphatic rings. The molecule has 1 aromatic heterocycles. The van der Waals surface area contributed by atoms with E-state index in [4.69, 9.17) is 0 Å². The molecule has 1 N–H and O–H groups in total. The van der Waals surface area contributed by atoms with Crippen molar-refractivity contribution in [1.82, 2.24) is 15.1 Å². The van der Waals surface area contributed by atoms with Crippen LogP contribution < -0.4 is 10.2 Å². The highest BCUT2D eigenvalue weighted by Crippen LogP contribution is 2.14. The molecule has 1 saturated heterocycles. The summed E-state index contributed by atoms with van der Waals surface area (Å²) in [7, 11) is 1.98. The zero-order valence-corrected chi connectivity index (χ0v) is 10.3. The summed E-state index contributed by atoms with van der Waals surface area (Å²) in [4.78, 5) is 2.40. The highest BCUT2D eigenvalue weighted by Gasteiger charge is 2.18. The largest absolute Gasteiger partial charge is 0.354 e. The van der Waals surface area contributed by atoms with Crippen LogP contribution in [0.25, 0.3) is 0 Å². The number of anilines is 1. The van der Waals surface area contributed by atoms with E-state index in [1.165, 1.54) is 19.3 Å². The molecule has 0 amide bonds. The molecular weight excluding hydrogens is 200 g/mol. The van der Waals surface area contributed by atoms with Crippen molar-refractivity contribution in [2.24, 2.45) is 7.05 Å². The van der Waals surface area contributed by atoms with Crippen LogP contribution in [0.1, 0.15) is 26.2 Å². The molecule has 4 nitrogen and oxygen atoms in total.